The molecule has 0 aliphatic heterocycles. The standard InChI is InChI=1S/C9H11BrOS/c1-11-6-7-3-8(10)5-9(4-7)12-2/h3-5H,6H2,1-2H3. The number of hydrogen-bond donors (Lipinski definition) is 0. The lowest BCUT2D eigenvalue weighted by molar-refractivity contribution is 0.184. The molecule has 0 saturated heterocycles. The molecule has 0 saturated carbocycles. The van der Waals surface area contributed by atoms with Crippen LogP contribution in [-0.4, -0.2) is 13.4 Å². The zero-order valence-corrected chi connectivity index (χ0v) is 9.54. The molecule has 0 bridgehead atoms. The highest BCUT2D eigenvalue weighted by atomic mass is 79.9. The summed E-state index contributed by atoms with van der Waals surface area (Å²) in [6, 6.07) is 6.31. The molecule has 3 heteroatoms. The van der Waals surface area contributed by atoms with Gasteiger partial charge in [0.2, 0.25) is 0 Å². The van der Waals surface area contributed by atoms with E-state index in [-0.39, 0.29) is 0 Å². The van der Waals surface area contributed by atoms with Crippen molar-refractivity contribution < 1.29 is 4.74 Å². The van der Waals surface area contributed by atoms with E-state index in [4.69, 9.17) is 4.74 Å². The molecule has 0 unspecified atom stereocenters. The second kappa shape index (κ2) is 4.90. The normalized spacial score (nSPS) is 10.2. The molecule has 0 N–H and O–H groups in total. The number of methoxy groups -OCH3 is 1. The van der Waals surface area contributed by atoms with Gasteiger partial charge in [0, 0.05) is 16.5 Å². The molecule has 1 aromatic rings. The minimum absolute atomic E-state index is 0.674. The SMILES string of the molecule is COCc1cc(Br)cc(SC)c1. The molecule has 0 atom stereocenters. The van der Waals surface area contributed by atoms with Gasteiger partial charge in [-0.1, -0.05) is 15.9 Å². The summed E-state index contributed by atoms with van der Waals surface area (Å²) in [6.45, 7) is 0.674. The number of rotatable bonds is 3. The number of halogens is 1. The minimum atomic E-state index is 0.674. The second-order valence-electron chi connectivity index (χ2n) is 2.43. The number of benzene rings is 1. The van der Waals surface area contributed by atoms with E-state index in [9.17, 15) is 0 Å². The van der Waals surface area contributed by atoms with Crippen molar-refractivity contribution >= 4 is 27.7 Å². The van der Waals surface area contributed by atoms with Gasteiger partial charge in [-0.15, -0.1) is 11.8 Å². The van der Waals surface area contributed by atoms with Crippen molar-refractivity contribution in [2.24, 2.45) is 0 Å². The van der Waals surface area contributed by atoms with Crippen LogP contribution in [0.4, 0.5) is 0 Å². The Balaban J connectivity index is 2.90. The lowest BCUT2D eigenvalue weighted by atomic mass is 10.2. The maximum absolute atomic E-state index is 5.05. The molecule has 1 nitrogen and oxygen atoms in total. The van der Waals surface area contributed by atoms with Gasteiger partial charge in [0.25, 0.3) is 0 Å². The van der Waals surface area contributed by atoms with Gasteiger partial charge in [0.1, 0.15) is 0 Å². The Morgan fingerprint density at radius 2 is 2.17 bits per heavy atom. The Hall–Kier alpha value is 0.01000. The van der Waals surface area contributed by atoms with Crippen molar-refractivity contribution in [1.82, 2.24) is 0 Å². The molecule has 0 radical (unpaired) electrons. The molecule has 66 valence electrons. The third-order valence-corrected chi connectivity index (χ3v) is 2.64. The third-order valence-electron chi connectivity index (χ3n) is 1.48. The van der Waals surface area contributed by atoms with Crippen LogP contribution in [0.3, 0.4) is 0 Å². The predicted octanol–water partition coefficient (Wildman–Crippen LogP) is 3.32. The van der Waals surface area contributed by atoms with Gasteiger partial charge in [-0.25, -0.2) is 0 Å². The van der Waals surface area contributed by atoms with E-state index in [1.807, 2.05) is 0 Å². The second-order valence-corrected chi connectivity index (χ2v) is 4.23. The highest BCUT2D eigenvalue weighted by Gasteiger charge is 1.97. The van der Waals surface area contributed by atoms with Gasteiger partial charge in [0.15, 0.2) is 0 Å². The van der Waals surface area contributed by atoms with Crippen molar-refractivity contribution in [3.05, 3.63) is 28.2 Å². The lowest BCUT2D eigenvalue weighted by Crippen LogP contribution is -1.87. The maximum atomic E-state index is 5.05. The van der Waals surface area contributed by atoms with E-state index in [1.54, 1.807) is 18.9 Å². The first-order valence-corrected chi connectivity index (χ1v) is 5.60. The van der Waals surface area contributed by atoms with Gasteiger partial charge < -0.3 is 4.74 Å². The van der Waals surface area contributed by atoms with E-state index in [1.165, 1.54) is 10.5 Å². The highest BCUT2D eigenvalue weighted by Crippen LogP contribution is 2.22. The molecular weight excluding hydrogens is 236 g/mol. The van der Waals surface area contributed by atoms with Crippen LogP contribution in [0.15, 0.2) is 27.6 Å². The number of hydrogen-bond acceptors (Lipinski definition) is 2. The molecule has 1 aromatic carbocycles. The molecule has 0 aliphatic rings. The van der Waals surface area contributed by atoms with Crippen molar-refractivity contribution in [1.29, 1.82) is 0 Å². The first kappa shape index (κ1) is 10.1. The molecule has 12 heavy (non-hydrogen) atoms. The summed E-state index contributed by atoms with van der Waals surface area (Å²) in [5, 5.41) is 0. The summed E-state index contributed by atoms with van der Waals surface area (Å²) in [7, 11) is 1.71. The van der Waals surface area contributed by atoms with Gasteiger partial charge in [-0.3, -0.25) is 0 Å². The van der Waals surface area contributed by atoms with Crippen LogP contribution >= 0.6 is 27.7 Å². The van der Waals surface area contributed by atoms with Crippen molar-refractivity contribution in [2.75, 3.05) is 13.4 Å². The average molecular weight is 247 g/mol. The zero-order valence-electron chi connectivity index (χ0n) is 7.13. The molecule has 1 rings (SSSR count). The number of thioether (sulfide) groups is 1. The molecule has 0 amide bonds. The van der Waals surface area contributed by atoms with Crippen LogP contribution in [-0.2, 0) is 11.3 Å². The molecule has 0 spiro atoms. The predicted molar refractivity (Wildman–Crippen MR) is 56.6 cm³/mol. The fourth-order valence-electron chi connectivity index (χ4n) is 0.989. The Morgan fingerprint density at radius 1 is 1.42 bits per heavy atom. The molecular formula is C9H11BrOS. The first-order valence-electron chi connectivity index (χ1n) is 3.58. The van der Waals surface area contributed by atoms with Crippen LogP contribution in [0, 0.1) is 0 Å². The van der Waals surface area contributed by atoms with Crippen LogP contribution in [0.5, 0.6) is 0 Å². The van der Waals surface area contributed by atoms with E-state index in [0.29, 0.717) is 6.61 Å². The van der Waals surface area contributed by atoms with Crippen molar-refractivity contribution in [2.45, 2.75) is 11.5 Å². The summed E-state index contributed by atoms with van der Waals surface area (Å²) >= 11 is 5.19. The Kier molecular flexibility index (Phi) is 4.12. The van der Waals surface area contributed by atoms with Gasteiger partial charge in [-0.2, -0.15) is 0 Å². The molecule has 0 heterocycles. The van der Waals surface area contributed by atoms with Crippen LogP contribution < -0.4 is 0 Å². The van der Waals surface area contributed by atoms with E-state index in [0.717, 1.165) is 4.47 Å². The lowest BCUT2D eigenvalue weighted by Gasteiger charge is -2.03. The maximum Gasteiger partial charge on any atom is 0.0713 e. The smallest absolute Gasteiger partial charge is 0.0713 e. The fraction of sp³-hybridized carbons (Fsp3) is 0.333. The quantitative estimate of drug-likeness (QED) is 0.758. The Labute approximate surface area is 85.6 Å². The van der Waals surface area contributed by atoms with Crippen LogP contribution in [0.1, 0.15) is 5.56 Å². The van der Waals surface area contributed by atoms with Crippen molar-refractivity contribution in [3.63, 3.8) is 0 Å². The summed E-state index contributed by atoms with van der Waals surface area (Å²) in [4.78, 5) is 1.26. The third kappa shape index (κ3) is 2.81. The zero-order chi connectivity index (χ0) is 8.97. The molecule has 0 fully saturated rings. The summed E-state index contributed by atoms with van der Waals surface area (Å²) in [5.41, 5.74) is 1.20. The van der Waals surface area contributed by atoms with Crippen LogP contribution in [0.25, 0.3) is 0 Å². The Morgan fingerprint density at radius 3 is 2.75 bits per heavy atom. The highest BCUT2D eigenvalue weighted by molar-refractivity contribution is 9.10. The summed E-state index contributed by atoms with van der Waals surface area (Å²) < 4.78 is 6.16. The van der Waals surface area contributed by atoms with Gasteiger partial charge in [0.05, 0.1) is 6.61 Å². The summed E-state index contributed by atoms with van der Waals surface area (Å²) in [5.74, 6) is 0. The largest absolute Gasteiger partial charge is 0.380 e. The Bertz CT molecular complexity index is 263. The molecule has 0 aromatic heterocycles. The number of ether oxygens (including phenoxy) is 1. The minimum Gasteiger partial charge on any atom is -0.380 e. The molecule has 0 aliphatic carbocycles. The van der Waals surface area contributed by atoms with E-state index in [2.05, 4.69) is 40.4 Å². The van der Waals surface area contributed by atoms with Gasteiger partial charge in [-0.05, 0) is 30.0 Å². The van der Waals surface area contributed by atoms with Gasteiger partial charge >= 0.3 is 0 Å². The van der Waals surface area contributed by atoms with Crippen molar-refractivity contribution in [3.8, 4) is 0 Å². The monoisotopic (exact) mass is 246 g/mol. The first-order chi connectivity index (χ1) is 5.76. The van der Waals surface area contributed by atoms with Crippen LogP contribution in [0.2, 0.25) is 0 Å². The van der Waals surface area contributed by atoms with E-state index >= 15 is 0 Å². The average Bonchev–Trinajstić information content (AvgIpc) is 2.04. The summed E-state index contributed by atoms with van der Waals surface area (Å²) in [6.07, 6.45) is 2.07. The topological polar surface area (TPSA) is 9.23 Å². The fourth-order valence-corrected chi connectivity index (χ4v) is 2.19. The van der Waals surface area contributed by atoms with E-state index < -0.39 is 0 Å².